The number of thioether (sulfide) groups is 1. The lowest BCUT2D eigenvalue weighted by atomic mass is 10.2. The minimum atomic E-state index is -0.126. The molecule has 0 aliphatic carbocycles. The van der Waals surface area contributed by atoms with Gasteiger partial charge in [-0.2, -0.15) is 11.8 Å². The van der Waals surface area contributed by atoms with E-state index in [4.69, 9.17) is 9.84 Å². The lowest BCUT2D eigenvalue weighted by molar-refractivity contribution is -0.146. The predicted molar refractivity (Wildman–Crippen MR) is 54.8 cm³/mol. The zero-order chi connectivity index (χ0) is 10.1. The molecule has 1 atom stereocenters. The van der Waals surface area contributed by atoms with Gasteiger partial charge in [-0.25, -0.2) is 0 Å². The van der Waals surface area contributed by atoms with Crippen molar-refractivity contribution in [3.05, 3.63) is 0 Å². The van der Waals surface area contributed by atoms with Gasteiger partial charge in [0.1, 0.15) is 0 Å². The number of rotatable bonds is 7. The van der Waals surface area contributed by atoms with E-state index in [1.807, 2.05) is 13.8 Å². The third-order valence-electron chi connectivity index (χ3n) is 1.50. The third kappa shape index (κ3) is 6.90. The molecule has 0 saturated heterocycles. The summed E-state index contributed by atoms with van der Waals surface area (Å²) in [7, 11) is 0. The van der Waals surface area contributed by atoms with E-state index in [0.29, 0.717) is 6.61 Å². The van der Waals surface area contributed by atoms with Gasteiger partial charge in [-0.1, -0.05) is 6.92 Å². The minimum absolute atomic E-state index is 0.0383. The van der Waals surface area contributed by atoms with Crippen molar-refractivity contribution in [3.63, 3.8) is 0 Å². The number of aliphatic hydroxyl groups is 1. The predicted octanol–water partition coefficient (Wildman–Crippen LogP) is 1.30. The molecule has 0 aliphatic heterocycles. The largest absolute Gasteiger partial charge is 0.466 e. The van der Waals surface area contributed by atoms with Crippen LogP contribution in [0.25, 0.3) is 0 Å². The molecule has 0 aromatic carbocycles. The number of carbonyl (C=O) groups excluding carboxylic acids is 1. The van der Waals surface area contributed by atoms with Crippen LogP contribution in [-0.2, 0) is 9.53 Å². The smallest absolute Gasteiger partial charge is 0.309 e. The highest BCUT2D eigenvalue weighted by Crippen LogP contribution is 2.10. The number of aliphatic hydroxyl groups excluding tert-OH is 1. The molecule has 0 saturated carbocycles. The first-order valence-electron chi connectivity index (χ1n) is 4.57. The van der Waals surface area contributed by atoms with Crippen LogP contribution in [0.4, 0.5) is 0 Å². The van der Waals surface area contributed by atoms with Crippen LogP contribution in [0, 0.1) is 5.92 Å². The van der Waals surface area contributed by atoms with Gasteiger partial charge in [0.15, 0.2) is 0 Å². The van der Waals surface area contributed by atoms with Crippen molar-refractivity contribution in [2.45, 2.75) is 20.3 Å². The molecule has 4 heteroatoms. The standard InChI is InChI=1S/C9H18O3S/c1-3-12-9(11)8(2)7-13-6-4-5-10/h8,10H,3-7H2,1-2H3. The summed E-state index contributed by atoms with van der Waals surface area (Å²) in [4.78, 5) is 11.1. The van der Waals surface area contributed by atoms with E-state index in [-0.39, 0.29) is 18.5 Å². The van der Waals surface area contributed by atoms with E-state index in [9.17, 15) is 4.79 Å². The van der Waals surface area contributed by atoms with E-state index in [1.54, 1.807) is 11.8 Å². The average molecular weight is 206 g/mol. The Morgan fingerprint density at radius 1 is 1.62 bits per heavy atom. The van der Waals surface area contributed by atoms with Crippen molar-refractivity contribution in [1.29, 1.82) is 0 Å². The van der Waals surface area contributed by atoms with Crippen molar-refractivity contribution in [2.24, 2.45) is 5.92 Å². The number of carbonyl (C=O) groups is 1. The minimum Gasteiger partial charge on any atom is -0.466 e. The highest BCUT2D eigenvalue weighted by Gasteiger charge is 2.12. The number of esters is 1. The SMILES string of the molecule is CCOC(=O)C(C)CSCCCO. The normalized spacial score (nSPS) is 12.5. The molecule has 0 aliphatic rings. The van der Waals surface area contributed by atoms with Gasteiger partial charge in [0, 0.05) is 12.4 Å². The molecule has 0 bridgehead atoms. The summed E-state index contributed by atoms with van der Waals surface area (Å²) < 4.78 is 4.86. The summed E-state index contributed by atoms with van der Waals surface area (Å²) in [6, 6.07) is 0. The van der Waals surface area contributed by atoms with Crippen LogP contribution in [0.15, 0.2) is 0 Å². The Bertz CT molecular complexity index is 139. The Morgan fingerprint density at radius 3 is 2.85 bits per heavy atom. The second kappa shape index (κ2) is 8.38. The Hall–Kier alpha value is -0.220. The van der Waals surface area contributed by atoms with Crippen molar-refractivity contribution < 1.29 is 14.6 Å². The molecule has 0 aromatic heterocycles. The van der Waals surface area contributed by atoms with Crippen molar-refractivity contribution in [2.75, 3.05) is 24.7 Å². The van der Waals surface area contributed by atoms with E-state index in [2.05, 4.69) is 0 Å². The Labute approximate surface area is 83.9 Å². The monoisotopic (exact) mass is 206 g/mol. The van der Waals surface area contributed by atoms with Crippen molar-refractivity contribution >= 4 is 17.7 Å². The number of hydrogen-bond acceptors (Lipinski definition) is 4. The van der Waals surface area contributed by atoms with Crippen LogP contribution in [0.5, 0.6) is 0 Å². The van der Waals surface area contributed by atoms with Gasteiger partial charge in [-0.3, -0.25) is 4.79 Å². The Kier molecular flexibility index (Phi) is 8.24. The van der Waals surface area contributed by atoms with Gasteiger partial charge >= 0.3 is 5.97 Å². The second-order valence-electron chi connectivity index (χ2n) is 2.81. The number of hydrogen-bond donors (Lipinski definition) is 1. The van der Waals surface area contributed by atoms with Gasteiger partial charge in [0.25, 0.3) is 0 Å². The molecule has 78 valence electrons. The van der Waals surface area contributed by atoms with Gasteiger partial charge in [-0.05, 0) is 19.1 Å². The molecule has 0 aromatic rings. The zero-order valence-corrected chi connectivity index (χ0v) is 9.10. The summed E-state index contributed by atoms with van der Waals surface area (Å²) in [5.41, 5.74) is 0. The molecule has 0 radical (unpaired) electrons. The van der Waals surface area contributed by atoms with Gasteiger partial charge in [0.05, 0.1) is 12.5 Å². The van der Waals surface area contributed by atoms with Crippen LogP contribution >= 0.6 is 11.8 Å². The van der Waals surface area contributed by atoms with Gasteiger partial charge in [-0.15, -0.1) is 0 Å². The lowest BCUT2D eigenvalue weighted by Crippen LogP contribution is -2.16. The maximum absolute atomic E-state index is 11.1. The molecule has 0 heterocycles. The Morgan fingerprint density at radius 2 is 2.31 bits per heavy atom. The van der Waals surface area contributed by atoms with Crippen LogP contribution in [-0.4, -0.2) is 35.8 Å². The first-order chi connectivity index (χ1) is 6.22. The highest BCUT2D eigenvalue weighted by molar-refractivity contribution is 7.99. The summed E-state index contributed by atoms with van der Waals surface area (Å²) in [5.74, 6) is 1.52. The first-order valence-corrected chi connectivity index (χ1v) is 5.73. The van der Waals surface area contributed by atoms with Gasteiger partial charge in [0.2, 0.25) is 0 Å². The Balaban J connectivity index is 3.38. The maximum atomic E-state index is 11.1. The van der Waals surface area contributed by atoms with E-state index in [1.165, 1.54) is 0 Å². The highest BCUT2D eigenvalue weighted by atomic mass is 32.2. The molecule has 3 nitrogen and oxygen atoms in total. The molecule has 0 spiro atoms. The summed E-state index contributed by atoms with van der Waals surface area (Å²) in [5, 5.41) is 8.52. The fourth-order valence-corrected chi connectivity index (χ4v) is 1.77. The van der Waals surface area contributed by atoms with Crippen molar-refractivity contribution in [1.82, 2.24) is 0 Å². The fraction of sp³-hybridized carbons (Fsp3) is 0.889. The lowest BCUT2D eigenvalue weighted by Gasteiger charge is -2.09. The van der Waals surface area contributed by atoms with E-state index >= 15 is 0 Å². The summed E-state index contributed by atoms with van der Waals surface area (Å²) >= 11 is 1.68. The average Bonchev–Trinajstić information content (AvgIpc) is 2.12. The molecular weight excluding hydrogens is 188 g/mol. The van der Waals surface area contributed by atoms with Crippen molar-refractivity contribution in [3.8, 4) is 0 Å². The molecule has 1 unspecified atom stereocenters. The van der Waals surface area contributed by atoms with Crippen LogP contribution in [0.3, 0.4) is 0 Å². The molecule has 13 heavy (non-hydrogen) atoms. The molecule has 0 amide bonds. The quantitative estimate of drug-likeness (QED) is 0.504. The zero-order valence-electron chi connectivity index (χ0n) is 8.28. The third-order valence-corrected chi connectivity index (χ3v) is 2.82. The maximum Gasteiger partial charge on any atom is 0.309 e. The van der Waals surface area contributed by atoms with E-state index < -0.39 is 0 Å². The molecular formula is C9H18O3S. The summed E-state index contributed by atoms with van der Waals surface area (Å²) in [6.45, 7) is 4.35. The topological polar surface area (TPSA) is 46.5 Å². The fourth-order valence-electron chi connectivity index (χ4n) is 0.779. The molecule has 0 rings (SSSR count). The molecule has 0 fully saturated rings. The molecule has 1 N–H and O–H groups in total. The van der Waals surface area contributed by atoms with E-state index in [0.717, 1.165) is 17.9 Å². The number of ether oxygens (including phenoxy) is 1. The van der Waals surface area contributed by atoms with Crippen LogP contribution in [0.2, 0.25) is 0 Å². The van der Waals surface area contributed by atoms with Crippen LogP contribution < -0.4 is 0 Å². The summed E-state index contributed by atoms with van der Waals surface area (Å²) in [6.07, 6.45) is 0.792. The second-order valence-corrected chi connectivity index (χ2v) is 3.96. The first kappa shape index (κ1) is 12.8. The van der Waals surface area contributed by atoms with Gasteiger partial charge < -0.3 is 9.84 Å². The van der Waals surface area contributed by atoms with Crippen LogP contribution in [0.1, 0.15) is 20.3 Å².